The lowest BCUT2D eigenvalue weighted by atomic mass is 10.2. The van der Waals surface area contributed by atoms with Crippen LogP contribution in [0.15, 0.2) is 34.0 Å². The second-order valence-electron chi connectivity index (χ2n) is 3.80. The van der Waals surface area contributed by atoms with Crippen molar-refractivity contribution in [3.63, 3.8) is 0 Å². The summed E-state index contributed by atoms with van der Waals surface area (Å²) in [7, 11) is 1.89. The van der Waals surface area contributed by atoms with Gasteiger partial charge in [0.1, 0.15) is 0 Å². The molecule has 96 valence electrons. The first kappa shape index (κ1) is 15.6. The predicted molar refractivity (Wildman–Crippen MR) is 76.7 cm³/mol. The minimum absolute atomic E-state index is 0.778. The molecule has 0 aliphatic carbocycles. The van der Waals surface area contributed by atoms with Crippen molar-refractivity contribution in [3.8, 4) is 0 Å². The zero-order chi connectivity index (χ0) is 12.9. The zero-order valence-electron chi connectivity index (χ0n) is 11.0. The summed E-state index contributed by atoms with van der Waals surface area (Å²) in [6, 6.07) is 0. The molecule has 0 aromatic rings. The van der Waals surface area contributed by atoms with E-state index in [1.54, 1.807) is 5.01 Å². The molecule has 0 fully saturated rings. The van der Waals surface area contributed by atoms with Crippen LogP contribution < -0.4 is 5.32 Å². The van der Waals surface area contributed by atoms with Gasteiger partial charge in [0.05, 0.1) is 6.54 Å². The molecule has 4 nitrogen and oxygen atoms in total. The monoisotopic (exact) mass is 236 g/mol. The Bertz CT molecular complexity index is 269. The Morgan fingerprint density at radius 1 is 1.35 bits per heavy atom. The molecular formula is C13H24N4. The molecular weight excluding hydrogens is 212 g/mol. The van der Waals surface area contributed by atoms with Gasteiger partial charge in [-0.3, -0.25) is 10.0 Å². The van der Waals surface area contributed by atoms with Crippen molar-refractivity contribution in [2.45, 2.75) is 19.8 Å². The lowest BCUT2D eigenvalue weighted by Gasteiger charge is -2.08. The average Bonchev–Trinajstić information content (AvgIpc) is 2.34. The summed E-state index contributed by atoms with van der Waals surface area (Å²) in [5.74, 6) is 0. The SMILES string of the molecule is C=N/C=C(\C/C=C\CN(C)N=C)CNCCC. The van der Waals surface area contributed by atoms with Crippen molar-refractivity contribution >= 4 is 13.4 Å². The standard InChI is InChI=1S/C13H24N4/c1-5-9-16-12-13(11-14-2)8-6-7-10-17(4)15-3/h6-7,11,16H,2-3,5,8-10,12H2,1,4H3/b7-6-,13-11+. The van der Waals surface area contributed by atoms with Gasteiger partial charge in [-0.25, -0.2) is 0 Å². The Kier molecular flexibility index (Phi) is 10.2. The molecule has 0 amide bonds. The van der Waals surface area contributed by atoms with E-state index < -0.39 is 0 Å². The van der Waals surface area contributed by atoms with Crippen molar-refractivity contribution in [2.24, 2.45) is 10.1 Å². The number of nitrogens with one attached hydrogen (secondary N) is 1. The Balaban J connectivity index is 3.96. The van der Waals surface area contributed by atoms with E-state index in [0.717, 1.165) is 32.5 Å². The third-order valence-electron chi connectivity index (χ3n) is 2.21. The van der Waals surface area contributed by atoms with Gasteiger partial charge in [0.2, 0.25) is 0 Å². The lowest BCUT2D eigenvalue weighted by Crippen LogP contribution is -2.17. The van der Waals surface area contributed by atoms with E-state index in [-0.39, 0.29) is 0 Å². The van der Waals surface area contributed by atoms with E-state index in [9.17, 15) is 0 Å². The second-order valence-corrected chi connectivity index (χ2v) is 3.80. The van der Waals surface area contributed by atoms with Crippen LogP contribution in [0.5, 0.6) is 0 Å². The highest BCUT2D eigenvalue weighted by Crippen LogP contribution is 2.02. The van der Waals surface area contributed by atoms with Crippen LogP contribution in [-0.2, 0) is 0 Å². The third kappa shape index (κ3) is 9.51. The molecule has 0 rings (SSSR count). The van der Waals surface area contributed by atoms with Gasteiger partial charge in [-0.2, -0.15) is 5.10 Å². The fourth-order valence-corrected chi connectivity index (χ4v) is 1.24. The zero-order valence-corrected chi connectivity index (χ0v) is 11.0. The number of nitrogens with zero attached hydrogens (tertiary/aromatic N) is 3. The first-order chi connectivity index (χ1) is 8.24. The van der Waals surface area contributed by atoms with Crippen molar-refractivity contribution < 1.29 is 0 Å². The number of allylic oxidation sites excluding steroid dienone is 1. The van der Waals surface area contributed by atoms with Crippen LogP contribution in [0.2, 0.25) is 0 Å². The fraction of sp³-hybridized carbons (Fsp3) is 0.538. The fourth-order valence-electron chi connectivity index (χ4n) is 1.24. The molecule has 17 heavy (non-hydrogen) atoms. The van der Waals surface area contributed by atoms with E-state index in [0.29, 0.717) is 0 Å². The maximum Gasteiger partial charge on any atom is 0.0537 e. The highest BCUT2D eigenvalue weighted by molar-refractivity contribution is 5.27. The molecule has 0 aliphatic heterocycles. The minimum Gasteiger partial charge on any atom is -0.313 e. The van der Waals surface area contributed by atoms with E-state index in [1.807, 2.05) is 13.2 Å². The van der Waals surface area contributed by atoms with Gasteiger partial charge >= 0.3 is 0 Å². The molecule has 0 aromatic carbocycles. The number of hydrogen-bond acceptors (Lipinski definition) is 4. The molecule has 0 saturated carbocycles. The topological polar surface area (TPSA) is 40.0 Å². The first-order valence-corrected chi connectivity index (χ1v) is 5.91. The highest BCUT2D eigenvalue weighted by atomic mass is 15.4. The van der Waals surface area contributed by atoms with Crippen LogP contribution in [0.25, 0.3) is 0 Å². The third-order valence-corrected chi connectivity index (χ3v) is 2.21. The number of aliphatic imine (C=N–C) groups is 1. The van der Waals surface area contributed by atoms with Gasteiger partial charge in [0.15, 0.2) is 0 Å². The molecule has 0 saturated heterocycles. The number of rotatable bonds is 10. The summed E-state index contributed by atoms with van der Waals surface area (Å²) in [6.45, 7) is 11.8. The van der Waals surface area contributed by atoms with Crippen LogP contribution in [0, 0.1) is 0 Å². The molecule has 0 atom stereocenters. The Morgan fingerprint density at radius 3 is 2.71 bits per heavy atom. The number of likely N-dealkylation sites (N-methyl/N-ethyl adjacent to an activating group) is 1. The van der Waals surface area contributed by atoms with Gasteiger partial charge in [0, 0.05) is 26.5 Å². The van der Waals surface area contributed by atoms with E-state index in [1.165, 1.54) is 5.57 Å². The van der Waals surface area contributed by atoms with Crippen LogP contribution in [0.1, 0.15) is 19.8 Å². The van der Waals surface area contributed by atoms with Gasteiger partial charge in [-0.15, -0.1) is 0 Å². The Labute approximate surface area is 105 Å². The Hall–Kier alpha value is -1.42. The highest BCUT2D eigenvalue weighted by Gasteiger charge is 1.94. The number of hydrazone groups is 1. The molecule has 4 heteroatoms. The van der Waals surface area contributed by atoms with Crippen molar-refractivity contribution in [1.29, 1.82) is 0 Å². The van der Waals surface area contributed by atoms with Crippen LogP contribution in [0.4, 0.5) is 0 Å². The normalized spacial score (nSPS) is 11.8. The second kappa shape index (κ2) is 11.1. The molecule has 0 radical (unpaired) electrons. The smallest absolute Gasteiger partial charge is 0.0537 e. The molecule has 1 N–H and O–H groups in total. The minimum atomic E-state index is 0.778. The van der Waals surface area contributed by atoms with E-state index in [2.05, 4.69) is 47.9 Å². The van der Waals surface area contributed by atoms with Gasteiger partial charge < -0.3 is 5.32 Å². The molecule has 0 bridgehead atoms. The molecule has 0 heterocycles. The summed E-state index contributed by atoms with van der Waals surface area (Å²) in [6.07, 6.45) is 8.04. The van der Waals surface area contributed by atoms with Crippen LogP contribution in [0.3, 0.4) is 0 Å². The van der Waals surface area contributed by atoms with Gasteiger partial charge in [-0.05, 0) is 31.7 Å². The molecule has 0 unspecified atom stereocenters. The van der Waals surface area contributed by atoms with Gasteiger partial charge in [-0.1, -0.05) is 19.1 Å². The largest absolute Gasteiger partial charge is 0.313 e. The Morgan fingerprint density at radius 2 is 2.12 bits per heavy atom. The van der Waals surface area contributed by atoms with Crippen molar-refractivity contribution in [1.82, 2.24) is 10.3 Å². The number of hydrogen-bond donors (Lipinski definition) is 1. The summed E-state index contributed by atoms with van der Waals surface area (Å²) >= 11 is 0. The van der Waals surface area contributed by atoms with Gasteiger partial charge in [0.25, 0.3) is 0 Å². The quantitative estimate of drug-likeness (QED) is 0.273. The summed E-state index contributed by atoms with van der Waals surface area (Å²) in [5.41, 5.74) is 1.24. The molecule has 0 spiro atoms. The summed E-state index contributed by atoms with van der Waals surface area (Å²) in [4.78, 5) is 3.82. The predicted octanol–water partition coefficient (Wildman–Crippen LogP) is 2.06. The lowest BCUT2D eigenvalue weighted by molar-refractivity contribution is 0.398. The average molecular weight is 236 g/mol. The van der Waals surface area contributed by atoms with Crippen LogP contribution in [-0.4, -0.2) is 45.1 Å². The first-order valence-electron chi connectivity index (χ1n) is 5.91. The molecule has 0 aromatic heterocycles. The van der Waals surface area contributed by atoms with E-state index >= 15 is 0 Å². The van der Waals surface area contributed by atoms with E-state index in [4.69, 9.17) is 0 Å². The van der Waals surface area contributed by atoms with Crippen molar-refractivity contribution in [3.05, 3.63) is 23.9 Å². The van der Waals surface area contributed by atoms with Crippen LogP contribution >= 0.6 is 0 Å². The summed E-state index contributed by atoms with van der Waals surface area (Å²) < 4.78 is 0. The maximum atomic E-state index is 3.82. The summed E-state index contributed by atoms with van der Waals surface area (Å²) in [5, 5.41) is 8.91. The molecule has 0 aliphatic rings. The van der Waals surface area contributed by atoms with Crippen molar-refractivity contribution in [2.75, 3.05) is 26.7 Å². The maximum absolute atomic E-state index is 3.82.